The van der Waals surface area contributed by atoms with E-state index in [1.165, 1.54) is 11.1 Å². The minimum Gasteiger partial charge on any atom is -0.322 e. The van der Waals surface area contributed by atoms with Crippen molar-refractivity contribution in [2.24, 2.45) is 0 Å². The molecule has 0 aliphatic rings. The van der Waals surface area contributed by atoms with E-state index in [2.05, 4.69) is 24.1 Å². The molecular weight excluding hydrogens is 284 g/mol. The van der Waals surface area contributed by atoms with Crippen LogP contribution >= 0.6 is 0 Å². The molecule has 122 valence electrons. The van der Waals surface area contributed by atoms with Crippen molar-refractivity contribution in [2.45, 2.75) is 34.2 Å². The first-order valence-corrected chi connectivity index (χ1v) is 8.24. The number of nitrogens with one attached hydrogen (secondary N) is 1. The fraction of sp³-hybridized carbons (Fsp3) is 0.350. The zero-order valence-electron chi connectivity index (χ0n) is 14.5. The van der Waals surface area contributed by atoms with E-state index in [-0.39, 0.29) is 5.91 Å². The van der Waals surface area contributed by atoms with Gasteiger partial charge < -0.3 is 5.32 Å². The summed E-state index contributed by atoms with van der Waals surface area (Å²) in [5.74, 6) is -0.0620. The minimum atomic E-state index is -0.0620. The highest BCUT2D eigenvalue weighted by Crippen LogP contribution is 2.19. The second kappa shape index (κ2) is 7.93. The molecule has 0 aliphatic carbocycles. The summed E-state index contributed by atoms with van der Waals surface area (Å²) in [6, 6.07) is 13.8. The average molecular weight is 310 g/mol. The van der Waals surface area contributed by atoms with E-state index < -0.39 is 0 Å². The van der Waals surface area contributed by atoms with Gasteiger partial charge in [0, 0.05) is 17.8 Å². The van der Waals surface area contributed by atoms with Crippen LogP contribution < -0.4 is 5.32 Å². The average Bonchev–Trinajstić information content (AvgIpc) is 2.57. The van der Waals surface area contributed by atoms with Gasteiger partial charge in [-0.05, 0) is 61.8 Å². The van der Waals surface area contributed by atoms with Gasteiger partial charge in [0.2, 0.25) is 0 Å². The lowest BCUT2D eigenvalue weighted by Gasteiger charge is -2.18. The molecule has 1 amide bonds. The van der Waals surface area contributed by atoms with E-state index in [9.17, 15) is 4.79 Å². The number of benzene rings is 2. The third kappa shape index (κ3) is 4.42. The zero-order chi connectivity index (χ0) is 16.8. The Morgan fingerprint density at radius 2 is 1.65 bits per heavy atom. The highest BCUT2D eigenvalue weighted by atomic mass is 16.1. The molecular formula is C20H26N2O. The number of hydrogen-bond acceptors (Lipinski definition) is 2. The van der Waals surface area contributed by atoms with E-state index in [1.54, 1.807) is 0 Å². The van der Waals surface area contributed by atoms with Crippen LogP contribution in [0.4, 0.5) is 5.69 Å². The molecule has 0 radical (unpaired) electrons. The molecule has 0 saturated carbocycles. The number of nitrogens with zero attached hydrogens (tertiary/aromatic N) is 1. The van der Waals surface area contributed by atoms with Crippen molar-refractivity contribution >= 4 is 11.6 Å². The molecule has 0 fully saturated rings. The standard InChI is InChI=1S/C20H26N2O/c1-5-22(6-2)14-17-10-12-18(13-11-17)20(23)21-19-9-7-8-15(3)16(19)4/h7-13H,5-6,14H2,1-4H3,(H,21,23). The van der Waals surface area contributed by atoms with E-state index in [4.69, 9.17) is 0 Å². The van der Waals surface area contributed by atoms with Gasteiger partial charge in [0.05, 0.1) is 0 Å². The molecule has 3 nitrogen and oxygen atoms in total. The number of rotatable bonds is 6. The number of aryl methyl sites for hydroxylation is 1. The second-order valence-corrected chi connectivity index (χ2v) is 5.86. The van der Waals surface area contributed by atoms with Gasteiger partial charge in [0.15, 0.2) is 0 Å². The highest BCUT2D eigenvalue weighted by molar-refractivity contribution is 6.04. The summed E-state index contributed by atoms with van der Waals surface area (Å²) in [5, 5.41) is 3.00. The number of hydrogen-bond donors (Lipinski definition) is 1. The molecule has 0 aliphatic heterocycles. The maximum atomic E-state index is 12.4. The van der Waals surface area contributed by atoms with E-state index >= 15 is 0 Å². The molecule has 0 bridgehead atoms. The van der Waals surface area contributed by atoms with Gasteiger partial charge in [-0.3, -0.25) is 9.69 Å². The first-order valence-electron chi connectivity index (χ1n) is 8.24. The SMILES string of the molecule is CCN(CC)Cc1ccc(C(=O)Nc2cccc(C)c2C)cc1. The molecule has 2 rings (SSSR count). The van der Waals surface area contributed by atoms with Crippen LogP contribution in [0.3, 0.4) is 0 Å². The molecule has 1 N–H and O–H groups in total. The summed E-state index contributed by atoms with van der Waals surface area (Å²) in [5.41, 5.74) is 5.09. The first-order chi connectivity index (χ1) is 11.0. The predicted octanol–water partition coefficient (Wildman–Crippen LogP) is 4.40. The summed E-state index contributed by atoms with van der Waals surface area (Å²) < 4.78 is 0. The lowest BCUT2D eigenvalue weighted by molar-refractivity contribution is 0.102. The van der Waals surface area contributed by atoms with Crippen LogP contribution in [0.5, 0.6) is 0 Å². The van der Waals surface area contributed by atoms with Crippen LogP contribution in [-0.2, 0) is 6.54 Å². The van der Waals surface area contributed by atoms with Crippen molar-refractivity contribution in [3.8, 4) is 0 Å². The maximum absolute atomic E-state index is 12.4. The normalized spacial score (nSPS) is 10.8. The molecule has 0 aromatic heterocycles. The number of carbonyl (C=O) groups excluding carboxylic acids is 1. The highest BCUT2D eigenvalue weighted by Gasteiger charge is 2.09. The molecule has 0 unspecified atom stereocenters. The van der Waals surface area contributed by atoms with Crippen LogP contribution in [0.1, 0.15) is 40.9 Å². The predicted molar refractivity (Wildman–Crippen MR) is 96.9 cm³/mol. The minimum absolute atomic E-state index is 0.0620. The Labute approximate surface area is 139 Å². The number of amides is 1. The Morgan fingerprint density at radius 1 is 1.00 bits per heavy atom. The van der Waals surface area contributed by atoms with E-state index in [0.29, 0.717) is 5.56 Å². The molecule has 0 spiro atoms. The monoisotopic (exact) mass is 310 g/mol. The van der Waals surface area contributed by atoms with Crippen LogP contribution in [0.25, 0.3) is 0 Å². The Hall–Kier alpha value is -2.13. The fourth-order valence-corrected chi connectivity index (χ4v) is 2.55. The van der Waals surface area contributed by atoms with Crippen LogP contribution in [0.2, 0.25) is 0 Å². The van der Waals surface area contributed by atoms with Gasteiger partial charge in [-0.1, -0.05) is 38.1 Å². The fourth-order valence-electron chi connectivity index (χ4n) is 2.55. The molecule has 0 saturated heterocycles. The largest absolute Gasteiger partial charge is 0.322 e. The van der Waals surface area contributed by atoms with Crippen LogP contribution in [-0.4, -0.2) is 23.9 Å². The Bertz CT molecular complexity index is 658. The lowest BCUT2D eigenvalue weighted by atomic mass is 10.1. The van der Waals surface area contributed by atoms with E-state index in [0.717, 1.165) is 30.9 Å². The second-order valence-electron chi connectivity index (χ2n) is 5.86. The Kier molecular flexibility index (Phi) is 5.94. The third-order valence-electron chi connectivity index (χ3n) is 4.37. The lowest BCUT2D eigenvalue weighted by Crippen LogP contribution is -2.22. The van der Waals surface area contributed by atoms with Crippen molar-refractivity contribution in [1.82, 2.24) is 4.90 Å². The maximum Gasteiger partial charge on any atom is 0.255 e. The van der Waals surface area contributed by atoms with Crippen molar-refractivity contribution in [3.63, 3.8) is 0 Å². The number of carbonyl (C=O) groups is 1. The van der Waals surface area contributed by atoms with E-state index in [1.807, 2.05) is 56.3 Å². The van der Waals surface area contributed by atoms with Crippen molar-refractivity contribution in [2.75, 3.05) is 18.4 Å². The summed E-state index contributed by atoms with van der Waals surface area (Å²) in [7, 11) is 0. The van der Waals surface area contributed by atoms with Crippen LogP contribution in [0.15, 0.2) is 42.5 Å². The first kappa shape index (κ1) is 17.2. The number of anilines is 1. The van der Waals surface area contributed by atoms with Gasteiger partial charge in [0.1, 0.15) is 0 Å². The van der Waals surface area contributed by atoms with Crippen molar-refractivity contribution in [1.29, 1.82) is 0 Å². The topological polar surface area (TPSA) is 32.3 Å². The van der Waals surface area contributed by atoms with Gasteiger partial charge in [-0.2, -0.15) is 0 Å². The van der Waals surface area contributed by atoms with Gasteiger partial charge in [0.25, 0.3) is 5.91 Å². The molecule has 3 heteroatoms. The van der Waals surface area contributed by atoms with Gasteiger partial charge >= 0.3 is 0 Å². The van der Waals surface area contributed by atoms with Crippen LogP contribution in [0, 0.1) is 13.8 Å². The summed E-state index contributed by atoms with van der Waals surface area (Å²) in [4.78, 5) is 14.8. The smallest absolute Gasteiger partial charge is 0.255 e. The van der Waals surface area contributed by atoms with Crippen molar-refractivity contribution < 1.29 is 4.79 Å². The van der Waals surface area contributed by atoms with Crippen molar-refractivity contribution in [3.05, 3.63) is 64.7 Å². The molecule has 2 aromatic rings. The Morgan fingerprint density at radius 3 is 2.26 bits per heavy atom. The quantitative estimate of drug-likeness (QED) is 0.858. The summed E-state index contributed by atoms with van der Waals surface area (Å²) in [6.07, 6.45) is 0. The Balaban J connectivity index is 2.07. The van der Waals surface area contributed by atoms with Gasteiger partial charge in [-0.15, -0.1) is 0 Å². The third-order valence-corrected chi connectivity index (χ3v) is 4.37. The summed E-state index contributed by atoms with van der Waals surface area (Å²) >= 11 is 0. The zero-order valence-corrected chi connectivity index (χ0v) is 14.5. The summed E-state index contributed by atoms with van der Waals surface area (Å²) in [6.45, 7) is 11.4. The molecule has 23 heavy (non-hydrogen) atoms. The molecule has 0 heterocycles. The molecule has 0 atom stereocenters. The van der Waals surface area contributed by atoms with Gasteiger partial charge in [-0.25, -0.2) is 0 Å². The molecule has 2 aromatic carbocycles.